The standard InChI is InChI=1S/C19H23ClN2O2/c1-4-22(5-2)17-11-9-16(10-12-17)21-19(23)14(3)24-18-8-6-7-15(20)13-18/h6-14H,4-5H2,1-3H3,(H,21,23)/t14-/m0/s1. The molecule has 2 rings (SSSR count). The van der Waals surface area contributed by atoms with Crippen molar-refractivity contribution < 1.29 is 9.53 Å². The molecule has 1 amide bonds. The molecule has 4 nitrogen and oxygen atoms in total. The van der Waals surface area contributed by atoms with Crippen molar-refractivity contribution in [2.45, 2.75) is 26.9 Å². The van der Waals surface area contributed by atoms with Crippen molar-refractivity contribution in [3.8, 4) is 5.75 Å². The highest BCUT2D eigenvalue weighted by Crippen LogP contribution is 2.20. The SMILES string of the molecule is CCN(CC)c1ccc(NC(=O)[C@H](C)Oc2cccc(Cl)c2)cc1. The van der Waals surface area contributed by atoms with Gasteiger partial charge in [-0.25, -0.2) is 0 Å². The quantitative estimate of drug-likeness (QED) is 0.797. The van der Waals surface area contributed by atoms with Crippen LogP contribution in [-0.2, 0) is 4.79 Å². The molecule has 0 saturated carbocycles. The number of amides is 1. The Kier molecular flexibility index (Phi) is 6.50. The van der Waals surface area contributed by atoms with Gasteiger partial charge in [-0.3, -0.25) is 4.79 Å². The summed E-state index contributed by atoms with van der Waals surface area (Å²) in [6.45, 7) is 7.85. The normalized spacial score (nSPS) is 11.7. The number of ether oxygens (including phenoxy) is 1. The van der Waals surface area contributed by atoms with E-state index in [1.165, 1.54) is 0 Å². The molecule has 2 aromatic rings. The second kappa shape index (κ2) is 8.60. The summed E-state index contributed by atoms with van der Waals surface area (Å²) in [6.07, 6.45) is -0.620. The van der Waals surface area contributed by atoms with E-state index in [0.717, 1.165) is 24.5 Å². The molecular formula is C19H23ClN2O2. The molecule has 0 unspecified atom stereocenters. The fourth-order valence-corrected chi connectivity index (χ4v) is 2.57. The highest BCUT2D eigenvalue weighted by atomic mass is 35.5. The molecule has 24 heavy (non-hydrogen) atoms. The van der Waals surface area contributed by atoms with Gasteiger partial charge < -0.3 is 15.0 Å². The number of anilines is 2. The van der Waals surface area contributed by atoms with Gasteiger partial charge in [0.2, 0.25) is 0 Å². The van der Waals surface area contributed by atoms with Crippen molar-refractivity contribution in [1.82, 2.24) is 0 Å². The smallest absolute Gasteiger partial charge is 0.265 e. The van der Waals surface area contributed by atoms with Crippen molar-refractivity contribution >= 4 is 28.9 Å². The first-order valence-electron chi connectivity index (χ1n) is 8.11. The molecule has 0 aliphatic heterocycles. The molecule has 0 saturated heterocycles. The van der Waals surface area contributed by atoms with E-state index in [0.29, 0.717) is 10.8 Å². The van der Waals surface area contributed by atoms with Gasteiger partial charge in [-0.05, 0) is 63.2 Å². The number of halogens is 1. The van der Waals surface area contributed by atoms with Gasteiger partial charge in [0, 0.05) is 29.5 Å². The Balaban J connectivity index is 1.96. The second-order valence-electron chi connectivity index (χ2n) is 5.43. The minimum atomic E-state index is -0.620. The summed E-state index contributed by atoms with van der Waals surface area (Å²) in [5.41, 5.74) is 1.89. The molecule has 5 heteroatoms. The maximum atomic E-state index is 12.3. The van der Waals surface area contributed by atoms with Crippen LogP contribution in [0.1, 0.15) is 20.8 Å². The Morgan fingerprint density at radius 2 is 1.83 bits per heavy atom. The minimum Gasteiger partial charge on any atom is -0.481 e. The Labute approximate surface area is 148 Å². The van der Waals surface area contributed by atoms with E-state index in [-0.39, 0.29) is 5.91 Å². The van der Waals surface area contributed by atoms with Crippen LogP contribution in [0.25, 0.3) is 0 Å². The number of hydrogen-bond donors (Lipinski definition) is 1. The third-order valence-electron chi connectivity index (χ3n) is 3.74. The average molecular weight is 347 g/mol. The number of carbonyl (C=O) groups excluding carboxylic acids is 1. The van der Waals surface area contributed by atoms with E-state index in [1.807, 2.05) is 24.3 Å². The maximum absolute atomic E-state index is 12.3. The summed E-state index contributed by atoms with van der Waals surface area (Å²) < 4.78 is 5.62. The van der Waals surface area contributed by atoms with Crippen LogP contribution in [0.15, 0.2) is 48.5 Å². The Hall–Kier alpha value is -2.20. The highest BCUT2D eigenvalue weighted by Gasteiger charge is 2.15. The lowest BCUT2D eigenvalue weighted by Crippen LogP contribution is -2.30. The molecule has 0 aromatic heterocycles. The molecule has 2 aromatic carbocycles. The molecule has 0 spiro atoms. The summed E-state index contributed by atoms with van der Waals surface area (Å²) in [7, 11) is 0. The molecule has 1 atom stereocenters. The molecular weight excluding hydrogens is 324 g/mol. The number of benzene rings is 2. The van der Waals surface area contributed by atoms with Gasteiger partial charge in [0.1, 0.15) is 5.75 Å². The lowest BCUT2D eigenvalue weighted by molar-refractivity contribution is -0.122. The Morgan fingerprint density at radius 1 is 1.17 bits per heavy atom. The lowest BCUT2D eigenvalue weighted by atomic mass is 10.2. The van der Waals surface area contributed by atoms with Crippen LogP contribution < -0.4 is 15.0 Å². The largest absolute Gasteiger partial charge is 0.481 e. The molecule has 0 bridgehead atoms. The lowest BCUT2D eigenvalue weighted by Gasteiger charge is -2.21. The highest BCUT2D eigenvalue weighted by molar-refractivity contribution is 6.30. The van der Waals surface area contributed by atoms with Gasteiger partial charge in [0.25, 0.3) is 5.91 Å². The second-order valence-corrected chi connectivity index (χ2v) is 5.86. The molecule has 0 radical (unpaired) electrons. The number of hydrogen-bond acceptors (Lipinski definition) is 3. The summed E-state index contributed by atoms with van der Waals surface area (Å²) in [5, 5.41) is 3.44. The summed E-state index contributed by atoms with van der Waals surface area (Å²) in [4.78, 5) is 14.5. The third-order valence-corrected chi connectivity index (χ3v) is 3.98. The zero-order valence-corrected chi connectivity index (χ0v) is 15.0. The minimum absolute atomic E-state index is 0.203. The van der Waals surface area contributed by atoms with Crippen LogP contribution in [-0.4, -0.2) is 25.1 Å². The van der Waals surface area contributed by atoms with Gasteiger partial charge in [0.05, 0.1) is 0 Å². The molecule has 0 heterocycles. The first-order chi connectivity index (χ1) is 11.5. The summed E-state index contributed by atoms with van der Waals surface area (Å²) >= 11 is 5.92. The fourth-order valence-electron chi connectivity index (χ4n) is 2.39. The Bertz CT molecular complexity index is 669. The van der Waals surface area contributed by atoms with Crippen molar-refractivity contribution in [2.24, 2.45) is 0 Å². The topological polar surface area (TPSA) is 41.6 Å². The summed E-state index contributed by atoms with van der Waals surface area (Å²) in [6, 6.07) is 14.8. The van der Waals surface area contributed by atoms with E-state index in [4.69, 9.17) is 16.3 Å². The number of carbonyl (C=O) groups is 1. The van der Waals surface area contributed by atoms with E-state index < -0.39 is 6.10 Å². The molecule has 0 aliphatic rings. The van der Waals surface area contributed by atoms with Crippen LogP contribution in [0.3, 0.4) is 0 Å². The van der Waals surface area contributed by atoms with Crippen LogP contribution >= 0.6 is 11.6 Å². The first-order valence-corrected chi connectivity index (χ1v) is 8.49. The molecule has 0 fully saturated rings. The van der Waals surface area contributed by atoms with Crippen molar-refractivity contribution in [3.05, 3.63) is 53.6 Å². The van der Waals surface area contributed by atoms with E-state index in [2.05, 4.69) is 24.1 Å². The number of nitrogens with one attached hydrogen (secondary N) is 1. The predicted molar refractivity (Wildman–Crippen MR) is 100 cm³/mol. The van der Waals surface area contributed by atoms with Gasteiger partial charge in [-0.2, -0.15) is 0 Å². The van der Waals surface area contributed by atoms with Crippen LogP contribution in [0.4, 0.5) is 11.4 Å². The van der Waals surface area contributed by atoms with Gasteiger partial charge in [-0.1, -0.05) is 17.7 Å². The van der Waals surface area contributed by atoms with Crippen LogP contribution in [0.2, 0.25) is 5.02 Å². The van der Waals surface area contributed by atoms with Gasteiger partial charge >= 0.3 is 0 Å². The van der Waals surface area contributed by atoms with Crippen molar-refractivity contribution in [3.63, 3.8) is 0 Å². The predicted octanol–water partition coefficient (Wildman–Crippen LogP) is 4.59. The van der Waals surface area contributed by atoms with E-state index >= 15 is 0 Å². The van der Waals surface area contributed by atoms with E-state index in [9.17, 15) is 4.79 Å². The van der Waals surface area contributed by atoms with Crippen molar-refractivity contribution in [2.75, 3.05) is 23.3 Å². The zero-order valence-electron chi connectivity index (χ0n) is 14.3. The molecule has 0 aliphatic carbocycles. The maximum Gasteiger partial charge on any atom is 0.265 e. The van der Waals surface area contributed by atoms with E-state index in [1.54, 1.807) is 31.2 Å². The number of nitrogens with zero attached hydrogens (tertiary/aromatic N) is 1. The summed E-state index contributed by atoms with van der Waals surface area (Å²) in [5.74, 6) is 0.368. The Morgan fingerprint density at radius 3 is 2.42 bits per heavy atom. The average Bonchev–Trinajstić information content (AvgIpc) is 2.57. The van der Waals surface area contributed by atoms with Crippen LogP contribution in [0, 0.1) is 0 Å². The van der Waals surface area contributed by atoms with Gasteiger partial charge in [0.15, 0.2) is 6.10 Å². The molecule has 128 valence electrons. The number of rotatable bonds is 7. The first kappa shape index (κ1) is 18.1. The molecule has 1 N–H and O–H groups in total. The van der Waals surface area contributed by atoms with Crippen molar-refractivity contribution in [1.29, 1.82) is 0 Å². The third kappa shape index (κ3) is 4.90. The monoisotopic (exact) mass is 346 g/mol. The van der Waals surface area contributed by atoms with Gasteiger partial charge in [-0.15, -0.1) is 0 Å². The zero-order chi connectivity index (χ0) is 17.5. The van der Waals surface area contributed by atoms with Crippen LogP contribution in [0.5, 0.6) is 5.75 Å². The fraction of sp³-hybridized carbons (Fsp3) is 0.316.